The summed E-state index contributed by atoms with van der Waals surface area (Å²) in [6, 6.07) is 0. The molecule has 0 aliphatic rings. The number of ether oxygens (including phenoxy) is 1. The molecule has 0 aliphatic carbocycles. The van der Waals surface area contributed by atoms with E-state index in [4.69, 9.17) is 15.3 Å². The minimum atomic E-state index is -2.29. The van der Waals surface area contributed by atoms with Crippen LogP contribution in [-0.2, 0) is 9.53 Å². The van der Waals surface area contributed by atoms with Crippen molar-refractivity contribution in [2.45, 2.75) is 6.29 Å². The lowest BCUT2D eigenvalue weighted by Gasteiger charge is -2.01. The molecule has 0 radical (unpaired) electrons. The van der Waals surface area contributed by atoms with Crippen molar-refractivity contribution < 1.29 is 29.6 Å². The summed E-state index contributed by atoms with van der Waals surface area (Å²) in [6.07, 6.45) is -4.12. The molecule has 0 bridgehead atoms. The number of hydrogen-bond acceptors (Lipinski definition) is 4. The molecule has 0 aromatic rings. The van der Waals surface area contributed by atoms with Gasteiger partial charge in [0, 0.05) is 0 Å². The highest BCUT2D eigenvalue weighted by Crippen LogP contribution is 1.85. The van der Waals surface area contributed by atoms with Crippen molar-refractivity contribution in [3.05, 3.63) is 0 Å². The maximum absolute atomic E-state index is 9.60. The van der Waals surface area contributed by atoms with Gasteiger partial charge < -0.3 is 20.1 Å². The summed E-state index contributed by atoms with van der Waals surface area (Å²) >= 11 is 0. The quantitative estimate of drug-likeness (QED) is 0.335. The second kappa shape index (κ2) is 2.88. The summed E-state index contributed by atoms with van der Waals surface area (Å²) in [5.41, 5.74) is 0. The summed E-state index contributed by atoms with van der Waals surface area (Å²) in [4.78, 5) is 19.1. The third-order valence-electron chi connectivity index (χ3n) is 0.424. The first kappa shape index (κ1) is 7.70. The maximum atomic E-state index is 9.60. The Bertz CT molecular complexity index is 128. The molecule has 0 saturated carbocycles. The van der Waals surface area contributed by atoms with E-state index in [1.165, 1.54) is 0 Å². The van der Waals surface area contributed by atoms with Crippen molar-refractivity contribution >= 4 is 12.1 Å². The van der Waals surface area contributed by atoms with Crippen LogP contribution in [0.5, 0.6) is 0 Å². The topological polar surface area (TPSA) is 104 Å². The molecule has 9 heavy (non-hydrogen) atoms. The van der Waals surface area contributed by atoms with Crippen molar-refractivity contribution in [1.82, 2.24) is 0 Å². The lowest BCUT2D eigenvalue weighted by Crippen LogP contribution is -2.25. The first-order valence-electron chi connectivity index (χ1n) is 1.84. The normalized spacial score (nSPS) is 12.1. The van der Waals surface area contributed by atoms with Crippen LogP contribution in [0.25, 0.3) is 0 Å². The van der Waals surface area contributed by atoms with Crippen LogP contribution in [0.2, 0.25) is 0 Å². The van der Waals surface area contributed by atoms with E-state index in [0.29, 0.717) is 0 Å². The summed E-state index contributed by atoms with van der Waals surface area (Å²) in [5, 5.41) is 23.6. The molecular weight excluding hydrogens is 132 g/mol. The van der Waals surface area contributed by atoms with Gasteiger partial charge in [-0.25, -0.2) is 9.59 Å². The molecule has 3 N–H and O–H groups in total. The Hall–Kier alpha value is -1.30. The van der Waals surface area contributed by atoms with Crippen LogP contribution in [0.4, 0.5) is 4.79 Å². The van der Waals surface area contributed by atoms with Crippen molar-refractivity contribution in [3.8, 4) is 0 Å². The van der Waals surface area contributed by atoms with Crippen LogP contribution in [0, 0.1) is 0 Å². The largest absolute Gasteiger partial charge is 0.508 e. The van der Waals surface area contributed by atoms with E-state index in [1.807, 2.05) is 0 Å². The van der Waals surface area contributed by atoms with Crippen molar-refractivity contribution in [2.75, 3.05) is 0 Å². The van der Waals surface area contributed by atoms with Crippen LogP contribution >= 0.6 is 0 Å². The Morgan fingerprint density at radius 1 is 1.33 bits per heavy atom. The fraction of sp³-hybridized carbons (Fsp3) is 0.333. The standard InChI is InChI=1S/C3H4O6/c4-1(5)2(6)9-3(7)8/h2,6H,(H,4,5)(H,7,8)/t2-/m1/s1. The lowest BCUT2D eigenvalue weighted by atomic mass is 10.7. The van der Waals surface area contributed by atoms with E-state index >= 15 is 0 Å². The molecule has 0 saturated heterocycles. The van der Waals surface area contributed by atoms with Gasteiger partial charge in [-0.15, -0.1) is 0 Å². The predicted molar refractivity (Wildman–Crippen MR) is 22.8 cm³/mol. The van der Waals surface area contributed by atoms with Gasteiger partial charge in [-0.1, -0.05) is 0 Å². The van der Waals surface area contributed by atoms with E-state index < -0.39 is 18.4 Å². The van der Waals surface area contributed by atoms with E-state index in [1.54, 1.807) is 0 Å². The summed E-state index contributed by atoms with van der Waals surface area (Å²) in [7, 11) is 0. The van der Waals surface area contributed by atoms with Crippen molar-refractivity contribution in [2.24, 2.45) is 0 Å². The molecule has 6 nitrogen and oxygen atoms in total. The maximum Gasteiger partial charge on any atom is 0.508 e. The van der Waals surface area contributed by atoms with Gasteiger partial charge in [-0.05, 0) is 0 Å². The molecule has 52 valence electrons. The fourth-order valence-corrected chi connectivity index (χ4v) is 0.146. The van der Waals surface area contributed by atoms with E-state index in [2.05, 4.69) is 4.74 Å². The van der Waals surface area contributed by atoms with Gasteiger partial charge in [-0.2, -0.15) is 0 Å². The molecule has 0 fully saturated rings. The van der Waals surface area contributed by atoms with E-state index in [-0.39, 0.29) is 0 Å². The molecule has 0 heterocycles. The first-order chi connectivity index (χ1) is 4.04. The van der Waals surface area contributed by atoms with Crippen LogP contribution < -0.4 is 0 Å². The Labute approximate surface area is 49.3 Å². The third-order valence-corrected chi connectivity index (χ3v) is 0.424. The van der Waals surface area contributed by atoms with E-state index in [9.17, 15) is 9.59 Å². The average Bonchev–Trinajstić information content (AvgIpc) is 1.63. The second-order valence-corrected chi connectivity index (χ2v) is 1.07. The van der Waals surface area contributed by atoms with Gasteiger partial charge in [0.25, 0.3) is 0 Å². The molecular formula is C3H4O6. The molecule has 0 aliphatic heterocycles. The van der Waals surface area contributed by atoms with Crippen LogP contribution in [0.15, 0.2) is 0 Å². The van der Waals surface area contributed by atoms with Gasteiger partial charge in [0.15, 0.2) is 0 Å². The summed E-state index contributed by atoms with van der Waals surface area (Å²) in [5.74, 6) is -1.74. The molecule has 0 spiro atoms. The Morgan fingerprint density at radius 3 is 1.89 bits per heavy atom. The minimum absolute atomic E-state index is 1.74. The van der Waals surface area contributed by atoms with Gasteiger partial charge in [0.05, 0.1) is 0 Å². The highest BCUT2D eigenvalue weighted by molar-refractivity contribution is 5.73. The Kier molecular flexibility index (Phi) is 2.46. The zero-order valence-corrected chi connectivity index (χ0v) is 4.14. The number of carboxylic acid groups (broad SMARTS) is 2. The molecule has 0 rings (SSSR count). The number of aliphatic carboxylic acids is 1. The Balaban J connectivity index is 3.63. The number of carbonyl (C=O) groups is 2. The smallest absolute Gasteiger partial charge is 0.477 e. The minimum Gasteiger partial charge on any atom is -0.477 e. The fourth-order valence-electron chi connectivity index (χ4n) is 0.146. The first-order valence-corrected chi connectivity index (χ1v) is 1.84. The van der Waals surface area contributed by atoms with Gasteiger partial charge in [0.2, 0.25) is 0 Å². The number of carboxylic acids is 1. The van der Waals surface area contributed by atoms with Crippen molar-refractivity contribution in [1.29, 1.82) is 0 Å². The molecule has 0 unspecified atom stereocenters. The zero-order chi connectivity index (χ0) is 7.44. The predicted octanol–water partition coefficient (Wildman–Crippen LogP) is -0.916. The van der Waals surface area contributed by atoms with Gasteiger partial charge in [-0.3, -0.25) is 0 Å². The molecule has 1 atom stereocenters. The van der Waals surface area contributed by atoms with Gasteiger partial charge in [0.1, 0.15) is 0 Å². The van der Waals surface area contributed by atoms with Crippen LogP contribution in [0.1, 0.15) is 0 Å². The molecule has 0 aromatic heterocycles. The third kappa shape index (κ3) is 3.30. The molecule has 0 aromatic carbocycles. The summed E-state index contributed by atoms with van der Waals surface area (Å²) in [6.45, 7) is 0. The second-order valence-electron chi connectivity index (χ2n) is 1.07. The molecule has 6 heteroatoms. The monoisotopic (exact) mass is 136 g/mol. The lowest BCUT2D eigenvalue weighted by molar-refractivity contribution is -0.168. The molecule has 0 amide bonds. The average molecular weight is 136 g/mol. The Morgan fingerprint density at radius 2 is 1.78 bits per heavy atom. The SMILES string of the molecule is O=C(O)O[C@@H](O)C(=O)O. The van der Waals surface area contributed by atoms with Crippen LogP contribution in [0.3, 0.4) is 0 Å². The van der Waals surface area contributed by atoms with E-state index in [0.717, 1.165) is 0 Å². The van der Waals surface area contributed by atoms with Gasteiger partial charge >= 0.3 is 18.4 Å². The highest BCUT2D eigenvalue weighted by atomic mass is 16.7. The van der Waals surface area contributed by atoms with Crippen molar-refractivity contribution in [3.63, 3.8) is 0 Å². The van der Waals surface area contributed by atoms with Crippen LogP contribution in [-0.4, -0.2) is 33.7 Å². The highest BCUT2D eigenvalue weighted by Gasteiger charge is 2.16. The number of aliphatic hydroxyl groups excluding tert-OH is 1. The summed E-state index contributed by atoms with van der Waals surface area (Å²) < 4.78 is 3.38. The zero-order valence-electron chi connectivity index (χ0n) is 4.14. The number of aliphatic hydroxyl groups is 1. The number of rotatable bonds is 2. The number of hydrogen-bond donors (Lipinski definition) is 3.